The van der Waals surface area contributed by atoms with E-state index in [2.05, 4.69) is 4.72 Å². The molecule has 0 heterocycles. The first-order valence-electron chi connectivity index (χ1n) is 8.10. The maximum atomic E-state index is 12.4. The lowest BCUT2D eigenvalue weighted by molar-refractivity contribution is -0.126. The number of nitrogens with zero attached hydrogens (tertiary/aromatic N) is 1. The quantitative estimate of drug-likeness (QED) is 0.735. The molecule has 0 unspecified atom stereocenters. The highest BCUT2D eigenvalue weighted by molar-refractivity contribution is 7.89. The highest BCUT2D eigenvalue weighted by atomic mass is 35.5. The van der Waals surface area contributed by atoms with E-state index in [4.69, 9.17) is 11.6 Å². The molecule has 0 saturated heterocycles. The molecule has 0 aliphatic rings. The first kappa shape index (κ1) is 20.2. The molecule has 0 radical (unpaired) electrons. The van der Waals surface area contributed by atoms with Gasteiger partial charge in [-0.3, -0.25) is 4.79 Å². The number of carbonyl (C=O) groups excluding carboxylic acids is 1. The van der Waals surface area contributed by atoms with Crippen LogP contribution in [0.4, 0.5) is 0 Å². The Bertz CT molecular complexity index is 893. The van der Waals surface area contributed by atoms with Crippen LogP contribution < -0.4 is 4.72 Å². The van der Waals surface area contributed by atoms with Crippen LogP contribution in [0.1, 0.15) is 18.1 Å². The van der Waals surface area contributed by atoms with Gasteiger partial charge in [-0.15, -0.1) is 0 Å². The number of hydrogen-bond acceptors (Lipinski definition) is 3. The number of hydrogen-bond donors (Lipinski definition) is 1. The third kappa shape index (κ3) is 5.42. The minimum Gasteiger partial charge on any atom is -0.335 e. The van der Waals surface area contributed by atoms with Crippen molar-refractivity contribution >= 4 is 33.6 Å². The standard InChI is InChI=1S/C19H21ClN2O3S/c1-3-22(14-16-5-4-6-17(20)13-16)19(23)12-9-15-7-10-18(11-8-15)26(24,25)21-2/h4-13,21H,3,14H2,1-2H3/b12-9+. The molecule has 0 aliphatic heterocycles. The van der Waals surface area contributed by atoms with Crippen LogP contribution in [0.5, 0.6) is 0 Å². The Morgan fingerprint density at radius 1 is 1.19 bits per heavy atom. The van der Waals surface area contributed by atoms with Crippen molar-refractivity contribution in [2.75, 3.05) is 13.6 Å². The van der Waals surface area contributed by atoms with Gasteiger partial charge in [-0.25, -0.2) is 13.1 Å². The Labute approximate surface area is 159 Å². The Morgan fingerprint density at radius 2 is 1.88 bits per heavy atom. The Hall–Kier alpha value is -2.15. The summed E-state index contributed by atoms with van der Waals surface area (Å²) in [4.78, 5) is 14.3. The fraction of sp³-hybridized carbons (Fsp3) is 0.211. The molecule has 0 atom stereocenters. The van der Waals surface area contributed by atoms with Crippen molar-refractivity contribution in [3.8, 4) is 0 Å². The lowest BCUT2D eigenvalue weighted by Crippen LogP contribution is -2.28. The highest BCUT2D eigenvalue weighted by Gasteiger charge is 2.11. The molecule has 2 aromatic rings. The third-order valence-electron chi connectivity index (χ3n) is 3.83. The normalized spacial score (nSPS) is 11.7. The topological polar surface area (TPSA) is 66.5 Å². The van der Waals surface area contributed by atoms with Gasteiger partial charge >= 0.3 is 0 Å². The smallest absolute Gasteiger partial charge is 0.246 e. The lowest BCUT2D eigenvalue weighted by atomic mass is 10.2. The molecule has 5 nitrogen and oxygen atoms in total. The van der Waals surface area contributed by atoms with Crippen LogP contribution >= 0.6 is 11.6 Å². The summed E-state index contributed by atoms with van der Waals surface area (Å²) in [6.07, 6.45) is 3.15. The predicted molar refractivity (Wildman–Crippen MR) is 104 cm³/mol. The monoisotopic (exact) mass is 392 g/mol. The van der Waals surface area contributed by atoms with Gasteiger partial charge in [0.25, 0.3) is 0 Å². The van der Waals surface area contributed by atoms with Crippen molar-refractivity contribution in [2.45, 2.75) is 18.4 Å². The van der Waals surface area contributed by atoms with Crippen LogP contribution in [-0.4, -0.2) is 32.8 Å². The number of carbonyl (C=O) groups is 1. The summed E-state index contributed by atoms with van der Waals surface area (Å²) >= 11 is 5.98. The molecule has 2 aromatic carbocycles. The summed E-state index contributed by atoms with van der Waals surface area (Å²) in [6.45, 7) is 2.95. The molecule has 0 fully saturated rings. The van der Waals surface area contributed by atoms with E-state index in [0.29, 0.717) is 18.1 Å². The molecule has 0 aromatic heterocycles. The number of halogens is 1. The second-order valence-corrected chi connectivity index (χ2v) is 7.92. The second-order valence-electron chi connectivity index (χ2n) is 5.59. The summed E-state index contributed by atoms with van der Waals surface area (Å²) in [5.74, 6) is -0.126. The van der Waals surface area contributed by atoms with Gasteiger partial charge in [-0.1, -0.05) is 35.9 Å². The van der Waals surface area contributed by atoms with Gasteiger partial charge in [0.2, 0.25) is 15.9 Å². The minimum atomic E-state index is -3.46. The third-order valence-corrected chi connectivity index (χ3v) is 5.50. The number of likely N-dealkylation sites (N-methyl/N-ethyl adjacent to an activating group) is 1. The molecule has 138 valence electrons. The van der Waals surface area contributed by atoms with Crippen molar-refractivity contribution in [3.05, 3.63) is 70.8 Å². The van der Waals surface area contributed by atoms with Gasteiger partial charge in [-0.05, 0) is 55.4 Å². The van der Waals surface area contributed by atoms with Gasteiger partial charge in [-0.2, -0.15) is 0 Å². The molecule has 0 bridgehead atoms. The fourth-order valence-electron chi connectivity index (χ4n) is 2.35. The predicted octanol–water partition coefficient (Wildman–Crippen LogP) is 3.31. The zero-order valence-electron chi connectivity index (χ0n) is 14.6. The maximum Gasteiger partial charge on any atom is 0.246 e. The largest absolute Gasteiger partial charge is 0.335 e. The summed E-state index contributed by atoms with van der Waals surface area (Å²) in [6, 6.07) is 13.7. The van der Waals surface area contributed by atoms with E-state index in [1.165, 1.54) is 25.3 Å². The second kappa shape index (κ2) is 8.98. The van der Waals surface area contributed by atoms with E-state index in [1.54, 1.807) is 29.2 Å². The van der Waals surface area contributed by atoms with Crippen molar-refractivity contribution < 1.29 is 13.2 Å². The number of rotatable bonds is 7. The summed E-state index contributed by atoms with van der Waals surface area (Å²) in [5, 5.41) is 0.637. The van der Waals surface area contributed by atoms with E-state index in [1.807, 2.05) is 25.1 Å². The van der Waals surface area contributed by atoms with Gasteiger partial charge in [0.1, 0.15) is 0 Å². The van der Waals surface area contributed by atoms with Gasteiger partial charge in [0.05, 0.1) is 4.90 Å². The summed E-state index contributed by atoms with van der Waals surface area (Å²) < 4.78 is 25.7. The minimum absolute atomic E-state index is 0.126. The zero-order chi connectivity index (χ0) is 19.2. The zero-order valence-corrected chi connectivity index (χ0v) is 16.2. The van der Waals surface area contributed by atoms with E-state index in [-0.39, 0.29) is 10.8 Å². The van der Waals surface area contributed by atoms with E-state index in [9.17, 15) is 13.2 Å². The summed E-state index contributed by atoms with van der Waals surface area (Å²) in [5.41, 5.74) is 1.70. The van der Waals surface area contributed by atoms with Crippen LogP contribution in [-0.2, 0) is 21.4 Å². The van der Waals surface area contributed by atoms with Crippen LogP contribution in [0.25, 0.3) is 6.08 Å². The SMILES string of the molecule is CCN(Cc1cccc(Cl)c1)C(=O)/C=C/c1ccc(S(=O)(=O)NC)cc1. The Balaban J connectivity index is 2.07. The molecule has 0 aliphatic carbocycles. The number of nitrogens with one attached hydrogen (secondary N) is 1. The van der Waals surface area contributed by atoms with Crippen LogP contribution in [0, 0.1) is 0 Å². The average Bonchev–Trinajstić information content (AvgIpc) is 2.64. The first-order valence-corrected chi connectivity index (χ1v) is 9.97. The van der Waals surface area contributed by atoms with Crippen LogP contribution in [0.2, 0.25) is 5.02 Å². The van der Waals surface area contributed by atoms with Gasteiger partial charge in [0, 0.05) is 24.2 Å². The van der Waals surface area contributed by atoms with Crippen molar-refractivity contribution in [2.24, 2.45) is 0 Å². The number of benzene rings is 2. The molecular weight excluding hydrogens is 372 g/mol. The molecule has 26 heavy (non-hydrogen) atoms. The summed E-state index contributed by atoms with van der Waals surface area (Å²) in [7, 11) is -2.10. The Morgan fingerprint density at radius 3 is 2.46 bits per heavy atom. The van der Waals surface area contributed by atoms with E-state index in [0.717, 1.165) is 11.1 Å². The van der Waals surface area contributed by atoms with E-state index < -0.39 is 10.0 Å². The number of sulfonamides is 1. The molecular formula is C19H21ClN2O3S. The molecule has 1 N–H and O–H groups in total. The van der Waals surface area contributed by atoms with Crippen molar-refractivity contribution in [1.82, 2.24) is 9.62 Å². The van der Waals surface area contributed by atoms with Crippen LogP contribution in [0.15, 0.2) is 59.5 Å². The van der Waals surface area contributed by atoms with Gasteiger partial charge in [0.15, 0.2) is 0 Å². The van der Waals surface area contributed by atoms with Gasteiger partial charge < -0.3 is 4.90 Å². The van der Waals surface area contributed by atoms with Crippen molar-refractivity contribution in [1.29, 1.82) is 0 Å². The number of amides is 1. The fourth-order valence-corrected chi connectivity index (χ4v) is 3.29. The molecule has 0 spiro atoms. The Kier molecular flexibility index (Phi) is 6.97. The molecule has 2 rings (SSSR count). The maximum absolute atomic E-state index is 12.4. The highest BCUT2D eigenvalue weighted by Crippen LogP contribution is 2.14. The van der Waals surface area contributed by atoms with Crippen LogP contribution in [0.3, 0.4) is 0 Å². The molecule has 0 saturated carbocycles. The average molecular weight is 393 g/mol. The molecule has 7 heteroatoms. The van der Waals surface area contributed by atoms with E-state index >= 15 is 0 Å². The lowest BCUT2D eigenvalue weighted by Gasteiger charge is -2.19. The first-order chi connectivity index (χ1) is 12.4. The molecule has 1 amide bonds. The van der Waals surface area contributed by atoms with Crippen molar-refractivity contribution in [3.63, 3.8) is 0 Å².